The maximum absolute atomic E-state index is 12.3. The van der Waals surface area contributed by atoms with Crippen molar-refractivity contribution >= 4 is 17.4 Å². The Morgan fingerprint density at radius 1 is 1.30 bits per heavy atom. The van der Waals surface area contributed by atoms with E-state index in [1.165, 1.54) is 4.88 Å². The lowest BCUT2D eigenvalue weighted by molar-refractivity contribution is 0.0254. The molecule has 1 aliphatic heterocycles. The van der Waals surface area contributed by atoms with Gasteiger partial charge in [-0.05, 0) is 45.6 Å². The summed E-state index contributed by atoms with van der Waals surface area (Å²) in [5.41, 5.74) is 5.80. The van der Waals surface area contributed by atoms with E-state index in [0.717, 1.165) is 26.1 Å². The third kappa shape index (κ3) is 5.19. The van der Waals surface area contributed by atoms with Gasteiger partial charge in [0.15, 0.2) is 0 Å². The number of hydrogen-bond donors (Lipinski definition) is 1. The molecule has 0 radical (unpaired) electrons. The number of amides is 1. The number of nitrogens with zero attached hydrogens (tertiary/aromatic N) is 2. The minimum atomic E-state index is -0.450. The van der Waals surface area contributed by atoms with Gasteiger partial charge in [-0.25, -0.2) is 4.79 Å². The largest absolute Gasteiger partial charge is 0.444 e. The number of thiophene rings is 1. The minimum absolute atomic E-state index is 0.0572. The summed E-state index contributed by atoms with van der Waals surface area (Å²) in [5, 5.41) is 2.09. The second kappa shape index (κ2) is 7.64. The highest BCUT2D eigenvalue weighted by Gasteiger charge is 2.29. The molecule has 1 aliphatic rings. The van der Waals surface area contributed by atoms with E-state index in [1.54, 1.807) is 11.3 Å². The topological polar surface area (TPSA) is 58.8 Å². The van der Waals surface area contributed by atoms with Crippen LogP contribution in [0.15, 0.2) is 17.5 Å². The molecule has 0 spiro atoms. The Labute approximate surface area is 143 Å². The van der Waals surface area contributed by atoms with Crippen molar-refractivity contribution in [1.82, 2.24) is 9.80 Å². The van der Waals surface area contributed by atoms with Crippen LogP contribution < -0.4 is 5.73 Å². The number of carbonyl (C=O) groups is 1. The van der Waals surface area contributed by atoms with Gasteiger partial charge in [-0.1, -0.05) is 6.07 Å². The third-order valence-electron chi connectivity index (χ3n) is 3.91. The van der Waals surface area contributed by atoms with E-state index in [1.807, 2.05) is 25.7 Å². The highest BCUT2D eigenvalue weighted by Crippen LogP contribution is 2.28. The van der Waals surface area contributed by atoms with Gasteiger partial charge in [-0.15, -0.1) is 11.3 Å². The molecular formula is C17H29N3O2S. The summed E-state index contributed by atoms with van der Waals surface area (Å²) in [6, 6.07) is 4.49. The maximum atomic E-state index is 12.3. The van der Waals surface area contributed by atoms with Crippen molar-refractivity contribution in [3.63, 3.8) is 0 Å². The van der Waals surface area contributed by atoms with Crippen LogP contribution in [0.2, 0.25) is 0 Å². The Bertz CT molecular complexity index is 496. The summed E-state index contributed by atoms with van der Waals surface area (Å²) >= 11 is 1.75. The maximum Gasteiger partial charge on any atom is 0.410 e. The van der Waals surface area contributed by atoms with Crippen molar-refractivity contribution in [3.8, 4) is 0 Å². The average Bonchev–Trinajstić information content (AvgIpc) is 2.81. The summed E-state index contributed by atoms with van der Waals surface area (Å²) in [5.74, 6) is 0. The second-order valence-electron chi connectivity index (χ2n) is 7.18. The molecule has 0 saturated carbocycles. The number of ether oxygens (including phenoxy) is 1. The van der Waals surface area contributed by atoms with Crippen molar-refractivity contribution in [3.05, 3.63) is 22.4 Å². The van der Waals surface area contributed by atoms with Gasteiger partial charge in [0.05, 0.1) is 6.04 Å². The summed E-state index contributed by atoms with van der Waals surface area (Å²) in [4.78, 5) is 17.8. The molecule has 23 heavy (non-hydrogen) atoms. The van der Waals surface area contributed by atoms with Gasteiger partial charge in [-0.2, -0.15) is 0 Å². The number of nitrogens with two attached hydrogens (primary N) is 1. The fourth-order valence-corrected chi connectivity index (χ4v) is 3.93. The van der Waals surface area contributed by atoms with E-state index in [-0.39, 0.29) is 18.2 Å². The molecule has 1 aromatic heterocycles. The zero-order chi connectivity index (χ0) is 17.0. The van der Waals surface area contributed by atoms with Gasteiger partial charge < -0.3 is 15.4 Å². The number of rotatable bonds is 3. The van der Waals surface area contributed by atoms with Crippen LogP contribution in [0.4, 0.5) is 4.79 Å². The van der Waals surface area contributed by atoms with Gasteiger partial charge >= 0.3 is 6.09 Å². The first kappa shape index (κ1) is 18.2. The van der Waals surface area contributed by atoms with Gasteiger partial charge in [0.1, 0.15) is 5.60 Å². The number of carbonyl (C=O) groups excluding carboxylic acids is 1. The Kier molecular flexibility index (Phi) is 6.06. The Morgan fingerprint density at radius 2 is 2.04 bits per heavy atom. The molecule has 1 saturated heterocycles. The Morgan fingerprint density at radius 3 is 2.61 bits per heavy atom. The zero-order valence-corrected chi connectivity index (χ0v) is 15.4. The van der Waals surface area contributed by atoms with Gasteiger partial charge in [0, 0.05) is 37.1 Å². The Balaban J connectivity index is 2.01. The molecular weight excluding hydrogens is 310 g/mol. The average molecular weight is 340 g/mol. The third-order valence-corrected chi connectivity index (χ3v) is 4.85. The molecule has 2 unspecified atom stereocenters. The fourth-order valence-electron chi connectivity index (χ4n) is 2.96. The molecule has 6 heteroatoms. The van der Waals surface area contributed by atoms with Gasteiger partial charge in [0.2, 0.25) is 0 Å². The van der Waals surface area contributed by atoms with E-state index in [9.17, 15) is 4.79 Å². The molecule has 1 aromatic rings. The van der Waals surface area contributed by atoms with Crippen LogP contribution in [-0.4, -0.2) is 53.7 Å². The highest BCUT2D eigenvalue weighted by molar-refractivity contribution is 7.10. The van der Waals surface area contributed by atoms with Crippen LogP contribution in [0.1, 0.15) is 45.0 Å². The van der Waals surface area contributed by atoms with Crippen LogP contribution >= 0.6 is 11.3 Å². The SMILES string of the molecule is CC(N)C(c1cccs1)N1CCCN(C(=O)OC(C)(C)C)CC1. The summed E-state index contributed by atoms with van der Waals surface area (Å²) < 4.78 is 5.49. The summed E-state index contributed by atoms with van der Waals surface area (Å²) in [7, 11) is 0. The van der Waals surface area contributed by atoms with E-state index in [0.29, 0.717) is 6.54 Å². The minimum Gasteiger partial charge on any atom is -0.444 e. The lowest BCUT2D eigenvalue weighted by Gasteiger charge is -2.32. The Hall–Kier alpha value is -1.11. The standard InChI is InChI=1S/C17H29N3O2S/c1-13(18)15(14-7-5-12-23-14)19-8-6-9-20(11-10-19)16(21)22-17(2,3)4/h5,7,12-13,15H,6,8-11,18H2,1-4H3. The van der Waals surface area contributed by atoms with E-state index in [2.05, 4.69) is 29.3 Å². The van der Waals surface area contributed by atoms with E-state index >= 15 is 0 Å². The fraction of sp³-hybridized carbons (Fsp3) is 0.706. The van der Waals surface area contributed by atoms with Crippen LogP contribution in [-0.2, 0) is 4.74 Å². The van der Waals surface area contributed by atoms with E-state index in [4.69, 9.17) is 10.5 Å². The molecule has 2 N–H and O–H groups in total. The lowest BCUT2D eigenvalue weighted by atomic mass is 10.1. The van der Waals surface area contributed by atoms with Crippen molar-refractivity contribution in [2.75, 3.05) is 26.2 Å². The zero-order valence-electron chi connectivity index (χ0n) is 14.6. The lowest BCUT2D eigenvalue weighted by Crippen LogP contribution is -2.42. The molecule has 0 aliphatic carbocycles. The molecule has 5 nitrogen and oxygen atoms in total. The predicted octanol–water partition coefficient (Wildman–Crippen LogP) is 3.08. The number of hydrogen-bond acceptors (Lipinski definition) is 5. The van der Waals surface area contributed by atoms with Crippen LogP contribution in [0, 0.1) is 0 Å². The predicted molar refractivity (Wildman–Crippen MR) is 94.7 cm³/mol. The molecule has 0 aromatic carbocycles. The van der Waals surface area contributed by atoms with Gasteiger partial charge in [0.25, 0.3) is 0 Å². The molecule has 130 valence electrons. The summed E-state index contributed by atoms with van der Waals surface area (Å²) in [6.07, 6.45) is 0.723. The molecule has 1 amide bonds. The van der Waals surface area contributed by atoms with Crippen molar-refractivity contribution in [1.29, 1.82) is 0 Å². The van der Waals surface area contributed by atoms with Crippen molar-refractivity contribution in [2.24, 2.45) is 5.73 Å². The molecule has 1 fully saturated rings. The first-order chi connectivity index (χ1) is 10.8. The second-order valence-corrected chi connectivity index (χ2v) is 8.16. The molecule has 2 atom stereocenters. The molecule has 0 bridgehead atoms. The van der Waals surface area contributed by atoms with Crippen molar-refractivity contribution < 1.29 is 9.53 Å². The normalized spacial score (nSPS) is 20.0. The van der Waals surface area contributed by atoms with E-state index < -0.39 is 5.60 Å². The molecule has 2 heterocycles. The van der Waals surface area contributed by atoms with Crippen LogP contribution in [0.25, 0.3) is 0 Å². The van der Waals surface area contributed by atoms with Crippen LogP contribution in [0.5, 0.6) is 0 Å². The first-order valence-electron chi connectivity index (χ1n) is 8.29. The summed E-state index contributed by atoms with van der Waals surface area (Å²) in [6.45, 7) is 11.0. The monoisotopic (exact) mass is 339 g/mol. The smallest absolute Gasteiger partial charge is 0.410 e. The molecule has 2 rings (SSSR count). The highest BCUT2D eigenvalue weighted by atomic mass is 32.1. The van der Waals surface area contributed by atoms with Crippen LogP contribution in [0.3, 0.4) is 0 Å². The van der Waals surface area contributed by atoms with Crippen molar-refractivity contribution in [2.45, 2.75) is 51.8 Å². The first-order valence-corrected chi connectivity index (χ1v) is 9.17. The van der Waals surface area contributed by atoms with Gasteiger partial charge in [-0.3, -0.25) is 4.90 Å². The quantitative estimate of drug-likeness (QED) is 0.919.